The second-order valence-corrected chi connectivity index (χ2v) is 5.15. The molecule has 0 aliphatic heterocycles. The van der Waals surface area contributed by atoms with E-state index in [4.69, 9.17) is 11.6 Å². The number of halogens is 1. The molecule has 1 saturated carbocycles. The van der Waals surface area contributed by atoms with Gasteiger partial charge in [-0.15, -0.1) is 11.8 Å². The molecule has 0 bridgehead atoms. The predicted molar refractivity (Wildman–Crippen MR) is 61.1 cm³/mol. The molecule has 1 aromatic carbocycles. The summed E-state index contributed by atoms with van der Waals surface area (Å²) in [5.41, 5.74) is 0.610. The summed E-state index contributed by atoms with van der Waals surface area (Å²) >= 11 is 7.76. The van der Waals surface area contributed by atoms with E-state index in [1.165, 1.54) is 4.90 Å². The van der Waals surface area contributed by atoms with Gasteiger partial charge in [0.15, 0.2) is 0 Å². The van der Waals surface area contributed by atoms with Crippen LogP contribution in [0.4, 0.5) is 0 Å². The lowest BCUT2D eigenvalue weighted by Gasteiger charge is -2.10. The number of hydrogen-bond donors (Lipinski definition) is 1. The smallest absolute Gasteiger partial charge is 0.0690 e. The molecule has 1 aromatic rings. The van der Waals surface area contributed by atoms with Crippen molar-refractivity contribution in [3.05, 3.63) is 28.8 Å². The van der Waals surface area contributed by atoms with Crippen LogP contribution in [0, 0.1) is 0 Å². The number of thioether (sulfide) groups is 1. The Morgan fingerprint density at radius 3 is 2.79 bits per heavy atom. The Labute approximate surface area is 93.5 Å². The highest BCUT2D eigenvalue weighted by Gasteiger charge is 2.40. The van der Waals surface area contributed by atoms with Gasteiger partial charge in [0, 0.05) is 16.3 Å². The summed E-state index contributed by atoms with van der Waals surface area (Å²) in [7, 11) is 0. The molecule has 0 radical (unpaired) electrons. The Kier molecular flexibility index (Phi) is 2.78. The Bertz CT molecular complexity index is 347. The van der Waals surface area contributed by atoms with E-state index in [9.17, 15) is 5.11 Å². The Balaban J connectivity index is 2.22. The minimum Gasteiger partial charge on any atom is -0.390 e. The number of hydrogen-bond acceptors (Lipinski definition) is 2. The standard InChI is InChI=1S/C11H13ClOS/c1-14-9-2-3-10(12)8(6-9)7-11(13)4-5-11/h2-3,6,13H,4-5,7H2,1H3. The van der Waals surface area contributed by atoms with Crippen LogP contribution < -0.4 is 0 Å². The first-order chi connectivity index (χ1) is 6.63. The zero-order chi connectivity index (χ0) is 10.2. The van der Waals surface area contributed by atoms with Gasteiger partial charge in [0.1, 0.15) is 0 Å². The minimum absolute atomic E-state index is 0.458. The van der Waals surface area contributed by atoms with Crippen LogP contribution in [0.2, 0.25) is 5.02 Å². The highest BCUT2D eigenvalue weighted by molar-refractivity contribution is 7.98. The SMILES string of the molecule is CSc1ccc(Cl)c(CC2(O)CC2)c1. The third kappa shape index (κ3) is 2.25. The van der Waals surface area contributed by atoms with E-state index in [0.29, 0.717) is 6.42 Å². The van der Waals surface area contributed by atoms with E-state index in [-0.39, 0.29) is 0 Å². The van der Waals surface area contributed by atoms with E-state index < -0.39 is 5.60 Å². The molecular formula is C11H13ClOS. The van der Waals surface area contributed by atoms with Crippen LogP contribution in [0.1, 0.15) is 18.4 Å². The molecule has 0 heterocycles. The van der Waals surface area contributed by atoms with Gasteiger partial charge in [0.25, 0.3) is 0 Å². The van der Waals surface area contributed by atoms with Crippen molar-refractivity contribution in [1.82, 2.24) is 0 Å². The summed E-state index contributed by atoms with van der Waals surface area (Å²) in [5.74, 6) is 0. The van der Waals surface area contributed by atoms with Gasteiger partial charge < -0.3 is 5.11 Å². The molecular weight excluding hydrogens is 216 g/mol. The molecule has 1 nitrogen and oxygen atoms in total. The zero-order valence-corrected chi connectivity index (χ0v) is 9.66. The molecule has 0 spiro atoms. The summed E-state index contributed by atoms with van der Waals surface area (Å²) in [5, 5.41) is 10.6. The Morgan fingerprint density at radius 2 is 2.21 bits per heavy atom. The molecule has 0 aromatic heterocycles. The molecule has 1 N–H and O–H groups in total. The quantitative estimate of drug-likeness (QED) is 0.803. The number of rotatable bonds is 3. The van der Waals surface area contributed by atoms with Gasteiger partial charge >= 0.3 is 0 Å². The van der Waals surface area contributed by atoms with E-state index in [1.54, 1.807) is 11.8 Å². The molecule has 3 heteroatoms. The Morgan fingerprint density at radius 1 is 1.50 bits per heavy atom. The maximum absolute atomic E-state index is 9.80. The van der Waals surface area contributed by atoms with Crippen LogP contribution in [0.5, 0.6) is 0 Å². The van der Waals surface area contributed by atoms with E-state index in [0.717, 1.165) is 23.4 Å². The Hall–Kier alpha value is -0.180. The van der Waals surface area contributed by atoms with Crippen molar-refractivity contribution >= 4 is 23.4 Å². The predicted octanol–water partition coefficient (Wildman–Crippen LogP) is 3.13. The minimum atomic E-state index is -0.458. The molecule has 14 heavy (non-hydrogen) atoms. The fourth-order valence-electron chi connectivity index (χ4n) is 1.49. The zero-order valence-electron chi connectivity index (χ0n) is 8.09. The monoisotopic (exact) mass is 228 g/mol. The van der Waals surface area contributed by atoms with Crippen LogP contribution in [0.15, 0.2) is 23.1 Å². The molecule has 0 saturated heterocycles. The molecule has 1 aliphatic carbocycles. The summed E-state index contributed by atoms with van der Waals surface area (Å²) in [6, 6.07) is 5.99. The third-order valence-electron chi connectivity index (χ3n) is 2.60. The molecule has 0 unspecified atom stereocenters. The maximum atomic E-state index is 9.80. The summed E-state index contributed by atoms with van der Waals surface area (Å²) < 4.78 is 0. The molecule has 0 amide bonds. The van der Waals surface area contributed by atoms with Crippen molar-refractivity contribution in [2.45, 2.75) is 29.8 Å². The summed E-state index contributed by atoms with van der Waals surface area (Å²) in [6.45, 7) is 0. The molecule has 1 fully saturated rings. The van der Waals surface area contributed by atoms with Gasteiger partial charge in [-0.1, -0.05) is 11.6 Å². The normalized spacial score (nSPS) is 18.2. The van der Waals surface area contributed by atoms with Crippen molar-refractivity contribution in [2.24, 2.45) is 0 Å². The highest BCUT2D eigenvalue weighted by atomic mass is 35.5. The topological polar surface area (TPSA) is 20.2 Å². The van der Waals surface area contributed by atoms with Gasteiger partial charge in [-0.2, -0.15) is 0 Å². The van der Waals surface area contributed by atoms with Crippen LogP contribution in [-0.4, -0.2) is 17.0 Å². The first-order valence-corrected chi connectivity index (χ1v) is 6.28. The van der Waals surface area contributed by atoms with Crippen molar-refractivity contribution in [3.63, 3.8) is 0 Å². The van der Waals surface area contributed by atoms with Crippen molar-refractivity contribution in [1.29, 1.82) is 0 Å². The van der Waals surface area contributed by atoms with Gasteiger partial charge in [-0.3, -0.25) is 0 Å². The van der Waals surface area contributed by atoms with E-state index >= 15 is 0 Å². The highest BCUT2D eigenvalue weighted by Crippen LogP contribution is 2.40. The lowest BCUT2D eigenvalue weighted by Crippen LogP contribution is -2.10. The van der Waals surface area contributed by atoms with E-state index in [1.807, 2.05) is 18.4 Å². The molecule has 76 valence electrons. The first-order valence-electron chi connectivity index (χ1n) is 4.68. The van der Waals surface area contributed by atoms with Gasteiger partial charge in [-0.25, -0.2) is 0 Å². The van der Waals surface area contributed by atoms with Gasteiger partial charge in [0.2, 0.25) is 0 Å². The van der Waals surface area contributed by atoms with Crippen LogP contribution in [-0.2, 0) is 6.42 Å². The lowest BCUT2D eigenvalue weighted by atomic mass is 10.1. The van der Waals surface area contributed by atoms with Crippen LogP contribution in [0.3, 0.4) is 0 Å². The van der Waals surface area contributed by atoms with E-state index in [2.05, 4.69) is 6.07 Å². The van der Waals surface area contributed by atoms with Crippen molar-refractivity contribution < 1.29 is 5.11 Å². The fraction of sp³-hybridized carbons (Fsp3) is 0.455. The van der Waals surface area contributed by atoms with Gasteiger partial charge in [-0.05, 0) is 42.9 Å². The average Bonchev–Trinajstić information content (AvgIpc) is 2.88. The summed E-state index contributed by atoms with van der Waals surface area (Å²) in [6.07, 6.45) is 4.55. The average molecular weight is 229 g/mol. The number of benzene rings is 1. The van der Waals surface area contributed by atoms with Crippen molar-refractivity contribution in [2.75, 3.05) is 6.26 Å². The van der Waals surface area contributed by atoms with Gasteiger partial charge in [0.05, 0.1) is 5.60 Å². The van der Waals surface area contributed by atoms with Crippen molar-refractivity contribution in [3.8, 4) is 0 Å². The second-order valence-electron chi connectivity index (χ2n) is 3.86. The lowest BCUT2D eigenvalue weighted by molar-refractivity contribution is 0.151. The summed E-state index contributed by atoms with van der Waals surface area (Å²) in [4.78, 5) is 1.20. The molecule has 0 atom stereocenters. The fourth-order valence-corrected chi connectivity index (χ4v) is 2.14. The second kappa shape index (κ2) is 3.76. The third-order valence-corrected chi connectivity index (χ3v) is 3.69. The molecule has 1 aliphatic rings. The number of aliphatic hydroxyl groups is 1. The first kappa shape index (κ1) is 10.3. The molecule has 2 rings (SSSR count). The van der Waals surface area contributed by atoms with Crippen LogP contribution in [0.25, 0.3) is 0 Å². The van der Waals surface area contributed by atoms with Crippen LogP contribution >= 0.6 is 23.4 Å². The largest absolute Gasteiger partial charge is 0.390 e. The maximum Gasteiger partial charge on any atom is 0.0690 e.